The fourth-order valence-electron chi connectivity index (χ4n) is 7.26. The third-order valence-corrected chi connectivity index (χ3v) is 8.92. The molecule has 3 N–H and O–H groups in total. The maximum absolute atomic E-state index is 10.9. The summed E-state index contributed by atoms with van der Waals surface area (Å²) < 4.78 is 7.07. The molecule has 0 unspecified atom stereocenters. The lowest BCUT2D eigenvalue weighted by Crippen LogP contribution is -2.59. The van der Waals surface area contributed by atoms with E-state index in [9.17, 15) is 10.2 Å². The fourth-order valence-corrected chi connectivity index (χ4v) is 7.26. The highest BCUT2D eigenvalue weighted by Gasteiger charge is 2.67. The third-order valence-electron chi connectivity index (χ3n) is 8.92. The first-order valence-electron chi connectivity index (χ1n) is 10.5. The first-order chi connectivity index (χ1) is 12.4. The molecule has 144 valence electrons. The number of fused-ring (bicyclic) bond motifs is 1. The minimum Gasteiger partial charge on any atom is -0.390 e. The number of hydrogen-bond acceptors (Lipinski definition) is 4. The Balaban J connectivity index is 1.60. The van der Waals surface area contributed by atoms with Gasteiger partial charge in [0.15, 0.2) is 0 Å². The highest BCUT2D eigenvalue weighted by atomic mass is 16.5. The van der Waals surface area contributed by atoms with Crippen LogP contribution in [-0.2, 0) is 4.74 Å². The Morgan fingerprint density at radius 1 is 1.27 bits per heavy atom. The van der Waals surface area contributed by atoms with Gasteiger partial charge < -0.3 is 20.3 Å². The largest absolute Gasteiger partial charge is 0.390 e. The minimum atomic E-state index is -0.810. The van der Waals surface area contributed by atoms with Crippen LogP contribution < -0.4 is 5.32 Å². The van der Waals surface area contributed by atoms with Crippen LogP contribution in [0.4, 0.5) is 0 Å². The summed E-state index contributed by atoms with van der Waals surface area (Å²) in [4.78, 5) is 0. The van der Waals surface area contributed by atoms with Crippen LogP contribution in [0.1, 0.15) is 52.4 Å². The molecular weight excluding hydrogens is 326 g/mol. The van der Waals surface area contributed by atoms with Gasteiger partial charge in [-0.3, -0.25) is 0 Å². The molecule has 5 rings (SSSR count). The van der Waals surface area contributed by atoms with Gasteiger partial charge in [-0.05, 0) is 74.0 Å². The lowest BCUT2D eigenvalue weighted by Gasteiger charge is -2.55. The molecule has 2 spiro atoms. The summed E-state index contributed by atoms with van der Waals surface area (Å²) in [7, 11) is 1.91. The summed E-state index contributed by atoms with van der Waals surface area (Å²) in [6, 6.07) is 0. The normalized spacial score (nSPS) is 54.9. The number of aliphatic hydroxyl groups is 2. The molecule has 2 aliphatic heterocycles. The summed E-state index contributed by atoms with van der Waals surface area (Å²) >= 11 is 0. The average Bonchev–Trinajstić information content (AvgIpc) is 3.09. The molecule has 8 atom stereocenters. The Morgan fingerprint density at radius 3 is 2.85 bits per heavy atom. The second-order valence-electron chi connectivity index (χ2n) is 9.94. The Labute approximate surface area is 156 Å². The number of nitrogens with one attached hydrogen (secondary N) is 1. The zero-order valence-corrected chi connectivity index (χ0v) is 16.3. The van der Waals surface area contributed by atoms with Gasteiger partial charge in [-0.15, -0.1) is 0 Å². The van der Waals surface area contributed by atoms with Crippen molar-refractivity contribution >= 4 is 0 Å². The molecule has 3 fully saturated rings. The van der Waals surface area contributed by atoms with Gasteiger partial charge in [0.1, 0.15) is 6.10 Å². The van der Waals surface area contributed by atoms with Crippen LogP contribution in [0.3, 0.4) is 0 Å². The Hall–Kier alpha value is -0.680. The predicted molar refractivity (Wildman–Crippen MR) is 101 cm³/mol. The Bertz CT molecular complexity index is 687. The van der Waals surface area contributed by atoms with Gasteiger partial charge >= 0.3 is 0 Å². The number of rotatable bonds is 2. The van der Waals surface area contributed by atoms with Crippen LogP contribution in [0.5, 0.6) is 0 Å². The summed E-state index contributed by atoms with van der Waals surface area (Å²) in [6.45, 7) is 5.59. The van der Waals surface area contributed by atoms with Crippen molar-refractivity contribution in [3.05, 3.63) is 23.3 Å². The van der Waals surface area contributed by atoms with Crippen molar-refractivity contribution in [3.63, 3.8) is 0 Å². The van der Waals surface area contributed by atoms with Crippen molar-refractivity contribution in [2.45, 2.75) is 75.8 Å². The second kappa shape index (κ2) is 5.44. The van der Waals surface area contributed by atoms with E-state index in [1.54, 1.807) is 0 Å². The molecular formula is C22H33NO3. The zero-order chi connectivity index (χ0) is 18.3. The van der Waals surface area contributed by atoms with E-state index in [1.807, 2.05) is 7.05 Å². The highest BCUT2D eigenvalue weighted by molar-refractivity contribution is 5.49. The van der Waals surface area contributed by atoms with Crippen molar-refractivity contribution in [1.82, 2.24) is 5.32 Å². The average molecular weight is 360 g/mol. The number of allylic oxidation sites excluding steroid dienone is 1. The first-order valence-corrected chi connectivity index (χ1v) is 10.5. The van der Waals surface area contributed by atoms with Gasteiger partial charge in [0.05, 0.1) is 17.3 Å². The molecule has 26 heavy (non-hydrogen) atoms. The van der Waals surface area contributed by atoms with E-state index in [1.165, 1.54) is 18.4 Å². The first kappa shape index (κ1) is 17.4. The van der Waals surface area contributed by atoms with Gasteiger partial charge in [0.25, 0.3) is 0 Å². The monoisotopic (exact) mass is 359 g/mol. The molecule has 5 aliphatic rings. The Kier molecular flexibility index (Phi) is 3.64. The van der Waals surface area contributed by atoms with Crippen molar-refractivity contribution in [1.29, 1.82) is 0 Å². The smallest absolute Gasteiger partial charge is 0.104 e. The van der Waals surface area contributed by atoms with E-state index in [0.717, 1.165) is 37.2 Å². The van der Waals surface area contributed by atoms with Gasteiger partial charge in [0, 0.05) is 12.5 Å². The number of ether oxygens (including phenoxy) is 1. The second-order valence-corrected chi connectivity index (χ2v) is 9.94. The molecule has 0 aromatic rings. The maximum atomic E-state index is 10.9. The lowest BCUT2D eigenvalue weighted by molar-refractivity contribution is -0.165. The van der Waals surface area contributed by atoms with E-state index >= 15 is 0 Å². The fraction of sp³-hybridized carbons (Fsp3) is 0.818. The molecule has 4 heteroatoms. The van der Waals surface area contributed by atoms with Crippen LogP contribution in [0, 0.1) is 23.2 Å². The molecule has 0 aromatic heterocycles. The molecule has 0 radical (unpaired) electrons. The molecule has 2 bridgehead atoms. The van der Waals surface area contributed by atoms with Crippen LogP contribution in [0.2, 0.25) is 0 Å². The number of aliphatic hydroxyl groups excluding tert-OH is 2. The maximum Gasteiger partial charge on any atom is 0.104 e. The highest BCUT2D eigenvalue weighted by Crippen LogP contribution is 2.67. The van der Waals surface area contributed by atoms with Crippen molar-refractivity contribution < 1.29 is 14.9 Å². The Morgan fingerprint density at radius 2 is 2.08 bits per heavy atom. The zero-order valence-electron chi connectivity index (χ0n) is 16.3. The van der Waals surface area contributed by atoms with Gasteiger partial charge in [-0.2, -0.15) is 0 Å². The SMILES string of the molecule is CNC[C@H]1C[C@@]23CC[C@@]4(O2)C(=CC[C@@]2(C)[C@H]4CC[C@@H]2C)C=C3[C@@H](O)[C@@H]1O. The molecule has 2 heterocycles. The van der Waals surface area contributed by atoms with E-state index in [4.69, 9.17) is 4.74 Å². The van der Waals surface area contributed by atoms with Gasteiger partial charge in [0.2, 0.25) is 0 Å². The lowest BCUT2D eigenvalue weighted by atomic mass is 9.59. The summed E-state index contributed by atoms with van der Waals surface area (Å²) in [5, 5.41) is 24.7. The van der Waals surface area contributed by atoms with E-state index in [2.05, 4.69) is 31.3 Å². The van der Waals surface area contributed by atoms with E-state index < -0.39 is 12.2 Å². The predicted octanol–water partition coefficient (Wildman–Crippen LogP) is 2.56. The third kappa shape index (κ3) is 1.94. The van der Waals surface area contributed by atoms with E-state index in [0.29, 0.717) is 17.9 Å². The molecule has 2 saturated carbocycles. The molecule has 4 nitrogen and oxygen atoms in total. The summed E-state index contributed by atoms with van der Waals surface area (Å²) in [6.07, 6.45) is 9.58. The molecule has 3 aliphatic carbocycles. The molecule has 1 saturated heterocycles. The van der Waals surface area contributed by atoms with Crippen LogP contribution in [0.15, 0.2) is 23.3 Å². The molecule has 0 amide bonds. The van der Waals surface area contributed by atoms with Crippen molar-refractivity contribution in [3.8, 4) is 0 Å². The summed E-state index contributed by atoms with van der Waals surface area (Å²) in [5.41, 5.74) is 2.02. The quantitative estimate of drug-likeness (QED) is 0.709. The van der Waals surface area contributed by atoms with Crippen LogP contribution >= 0.6 is 0 Å². The van der Waals surface area contributed by atoms with Gasteiger partial charge in [-0.25, -0.2) is 0 Å². The minimum absolute atomic E-state index is 0.0327. The van der Waals surface area contributed by atoms with Crippen LogP contribution in [-0.4, -0.2) is 47.2 Å². The van der Waals surface area contributed by atoms with Gasteiger partial charge in [-0.1, -0.05) is 26.0 Å². The topological polar surface area (TPSA) is 61.7 Å². The van der Waals surface area contributed by atoms with Crippen LogP contribution in [0.25, 0.3) is 0 Å². The standard InChI is InChI=1S/C22H33NO3/c1-13-4-5-17-20(13,2)7-6-15-10-16-19(25)18(24)14(12-23-3)11-21(16)8-9-22(15,17)26-21/h6,10,13-14,17-19,23-25H,4-5,7-9,11-12H2,1-3H3/t13-,14+,17+,18+,19+,20+,21+,22+/m0/s1. The van der Waals surface area contributed by atoms with E-state index in [-0.39, 0.29) is 17.1 Å². The number of hydrogen-bond donors (Lipinski definition) is 3. The van der Waals surface area contributed by atoms with Crippen molar-refractivity contribution in [2.24, 2.45) is 23.2 Å². The summed E-state index contributed by atoms with van der Waals surface area (Å²) in [5.74, 6) is 1.35. The van der Waals surface area contributed by atoms with Crippen molar-refractivity contribution in [2.75, 3.05) is 13.6 Å². The molecule has 0 aromatic carbocycles.